The van der Waals surface area contributed by atoms with Gasteiger partial charge in [-0.3, -0.25) is 20.0 Å². The highest BCUT2D eigenvalue weighted by molar-refractivity contribution is 6.02. The van der Waals surface area contributed by atoms with Crippen molar-refractivity contribution in [2.45, 2.75) is 19.8 Å². The number of hydrogen-bond donors (Lipinski definition) is 2. The molecule has 0 aliphatic heterocycles. The highest BCUT2D eigenvalue weighted by atomic mass is 16.2. The summed E-state index contributed by atoms with van der Waals surface area (Å²) in [6.07, 6.45) is 2.24. The molecule has 0 radical (unpaired) electrons. The molecular formula is C7H10N4O2. The lowest BCUT2D eigenvalue weighted by Crippen LogP contribution is -2.30. The van der Waals surface area contributed by atoms with Gasteiger partial charge in [-0.05, 0) is 6.42 Å². The van der Waals surface area contributed by atoms with E-state index in [0.29, 0.717) is 12.8 Å². The fraction of sp³-hybridized carbons (Fsp3) is 0.429. The summed E-state index contributed by atoms with van der Waals surface area (Å²) in [6.45, 7) is 1.86. The van der Waals surface area contributed by atoms with Crippen LogP contribution in [-0.4, -0.2) is 27.0 Å². The Balaban J connectivity index is 2.47. The van der Waals surface area contributed by atoms with Crippen LogP contribution in [0.5, 0.6) is 0 Å². The second-order valence-corrected chi connectivity index (χ2v) is 2.46. The molecule has 0 unspecified atom stereocenters. The van der Waals surface area contributed by atoms with Crippen LogP contribution in [0.3, 0.4) is 0 Å². The molecule has 0 atom stereocenters. The Morgan fingerprint density at radius 3 is 2.92 bits per heavy atom. The van der Waals surface area contributed by atoms with Gasteiger partial charge in [-0.15, -0.1) is 0 Å². The molecule has 1 heterocycles. The molecule has 70 valence electrons. The summed E-state index contributed by atoms with van der Waals surface area (Å²) in [6, 6.07) is 0. The van der Waals surface area contributed by atoms with Crippen LogP contribution in [0.15, 0.2) is 6.33 Å². The number of nitrogens with one attached hydrogen (secondary N) is 2. The van der Waals surface area contributed by atoms with Crippen LogP contribution >= 0.6 is 0 Å². The van der Waals surface area contributed by atoms with E-state index in [-0.39, 0.29) is 11.7 Å². The van der Waals surface area contributed by atoms with Crippen LogP contribution in [0.25, 0.3) is 0 Å². The van der Waals surface area contributed by atoms with Gasteiger partial charge in [0, 0.05) is 6.42 Å². The van der Waals surface area contributed by atoms with Crippen molar-refractivity contribution in [2.24, 2.45) is 0 Å². The first-order chi connectivity index (χ1) is 6.24. The standard InChI is InChI=1S/C7H10N4O2/c1-2-3-5(12)10-7(13)6-8-4-9-11-6/h4H,2-3H2,1H3,(H,8,9,11)(H,10,12,13). The molecule has 0 saturated carbocycles. The van der Waals surface area contributed by atoms with E-state index < -0.39 is 5.91 Å². The van der Waals surface area contributed by atoms with Crippen molar-refractivity contribution in [3.63, 3.8) is 0 Å². The number of H-pyrrole nitrogens is 1. The van der Waals surface area contributed by atoms with E-state index in [9.17, 15) is 9.59 Å². The van der Waals surface area contributed by atoms with Crippen molar-refractivity contribution in [3.05, 3.63) is 12.2 Å². The van der Waals surface area contributed by atoms with E-state index in [2.05, 4.69) is 20.5 Å². The van der Waals surface area contributed by atoms with Gasteiger partial charge in [-0.2, -0.15) is 5.10 Å². The molecule has 2 N–H and O–H groups in total. The highest BCUT2D eigenvalue weighted by Gasteiger charge is 2.11. The number of aromatic nitrogens is 3. The SMILES string of the molecule is CCCC(=O)NC(=O)c1ncn[nH]1. The molecule has 13 heavy (non-hydrogen) atoms. The van der Waals surface area contributed by atoms with Gasteiger partial charge in [0.2, 0.25) is 11.7 Å². The van der Waals surface area contributed by atoms with Crippen LogP contribution in [0, 0.1) is 0 Å². The smallest absolute Gasteiger partial charge is 0.290 e. The molecule has 1 rings (SSSR count). The molecular weight excluding hydrogens is 172 g/mol. The number of rotatable bonds is 3. The second kappa shape index (κ2) is 4.34. The minimum Gasteiger partial charge on any atom is -0.290 e. The monoisotopic (exact) mass is 182 g/mol. The van der Waals surface area contributed by atoms with Crippen molar-refractivity contribution < 1.29 is 9.59 Å². The van der Waals surface area contributed by atoms with Crippen LogP contribution in [0.2, 0.25) is 0 Å². The lowest BCUT2D eigenvalue weighted by Gasteiger charge is -1.98. The van der Waals surface area contributed by atoms with Gasteiger partial charge in [0.15, 0.2) is 0 Å². The summed E-state index contributed by atoms with van der Waals surface area (Å²) in [5, 5.41) is 8.02. The minimum absolute atomic E-state index is 0.0458. The van der Waals surface area contributed by atoms with E-state index >= 15 is 0 Å². The lowest BCUT2D eigenvalue weighted by atomic mass is 10.3. The molecule has 0 bridgehead atoms. The topological polar surface area (TPSA) is 87.7 Å². The Kier molecular flexibility index (Phi) is 3.13. The van der Waals surface area contributed by atoms with Gasteiger partial charge >= 0.3 is 0 Å². The van der Waals surface area contributed by atoms with E-state index in [0.717, 1.165) is 0 Å². The van der Waals surface area contributed by atoms with Crippen molar-refractivity contribution in [3.8, 4) is 0 Å². The number of aromatic amines is 1. The first kappa shape index (κ1) is 9.37. The van der Waals surface area contributed by atoms with Crippen molar-refractivity contribution in [1.82, 2.24) is 20.5 Å². The number of imide groups is 1. The maximum absolute atomic E-state index is 11.1. The van der Waals surface area contributed by atoms with Crippen LogP contribution in [0.4, 0.5) is 0 Å². The quantitative estimate of drug-likeness (QED) is 0.681. The third-order valence-electron chi connectivity index (χ3n) is 1.36. The Morgan fingerprint density at radius 2 is 2.38 bits per heavy atom. The molecule has 1 aromatic rings. The maximum Gasteiger partial charge on any atom is 0.295 e. The first-order valence-electron chi connectivity index (χ1n) is 3.93. The summed E-state index contributed by atoms with van der Waals surface area (Å²) in [7, 11) is 0. The molecule has 0 aliphatic rings. The Labute approximate surface area is 74.7 Å². The predicted octanol–water partition coefficient (Wildman–Crippen LogP) is -0.139. The Bertz CT molecular complexity index is 293. The van der Waals surface area contributed by atoms with Crippen molar-refractivity contribution >= 4 is 11.8 Å². The summed E-state index contributed by atoms with van der Waals surface area (Å²) >= 11 is 0. The van der Waals surface area contributed by atoms with Crippen LogP contribution < -0.4 is 5.32 Å². The summed E-state index contributed by atoms with van der Waals surface area (Å²) in [5.41, 5.74) is 0. The molecule has 0 aromatic carbocycles. The summed E-state index contributed by atoms with van der Waals surface area (Å²) in [5.74, 6) is -0.802. The third-order valence-corrected chi connectivity index (χ3v) is 1.36. The average Bonchev–Trinajstić information content (AvgIpc) is 2.55. The molecule has 0 aliphatic carbocycles. The number of amides is 2. The normalized spacial score (nSPS) is 9.62. The largest absolute Gasteiger partial charge is 0.295 e. The average molecular weight is 182 g/mol. The maximum atomic E-state index is 11.1. The van der Waals surface area contributed by atoms with Gasteiger partial charge in [-0.1, -0.05) is 6.92 Å². The Hall–Kier alpha value is -1.72. The van der Waals surface area contributed by atoms with E-state index in [1.807, 2.05) is 6.92 Å². The first-order valence-corrected chi connectivity index (χ1v) is 3.93. The zero-order valence-electron chi connectivity index (χ0n) is 7.20. The summed E-state index contributed by atoms with van der Waals surface area (Å²) in [4.78, 5) is 25.7. The van der Waals surface area contributed by atoms with Crippen molar-refractivity contribution in [2.75, 3.05) is 0 Å². The van der Waals surface area contributed by atoms with Gasteiger partial charge < -0.3 is 0 Å². The zero-order chi connectivity index (χ0) is 9.68. The van der Waals surface area contributed by atoms with Crippen LogP contribution in [-0.2, 0) is 4.79 Å². The fourth-order valence-corrected chi connectivity index (χ4v) is 0.790. The van der Waals surface area contributed by atoms with Gasteiger partial charge in [0.25, 0.3) is 5.91 Å². The highest BCUT2D eigenvalue weighted by Crippen LogP contribution is 1.89. The number of carbonyl (C=O) groups is 2. The lowest BCUT2D eigenvalue weighted by molar-refractivity contribution is -0.120. The van der Waals surface area contributed by atoms with Gasteiger partial charge in [0.1, 0.15) is 6.33 Å². The van der Waals surface area contributed by atoms with E-state index in [4.69, 9.17) is 0 Å². The number of nitrogens with zero attached hydrogens (tertiary/aromatic N) is 2. The zero-order valence-corrected chi connectivity index (χ0v) is 7.20. The molecule has 0 saturated heterocycles. The van der Waals surface area contributed by atoms with Crippen LogP contribution in [0.1, 0.15) is 30.4 Å². The minimum atomic E-state index is -0.545. The molecule has 6 heteroatoms. The molecule has 2 amide bonds. The predicted molar refractivity (Wildman–Crippen MR) is 43.8 cm³/mol. The molecule has 0 spiro atoms. The number of hydrogen-bond acceptors (Lipinski definition) is 4. The van der Waals surface area contributed by atoms with Gasteiger partial charge in [-0.25, -0.2) is 4.98 Å². The van der Waals surface area contributed by atoms with Gasteiger partial charge in [0.05, 0.1) is 0 Å². The fourth-order valence-electron chi connectivity index (χ4n) is 0.790. The molecule has 1 aromatic heterocycles. The van der Waals surface area contributed by atoms with E-state index in [1.165, 1.54) is 6.33 Å². The Morgan fingerprint density at radius 1 is 1.62 bits per heavy atom. The second-order valence-electron chi connectivity index (χ2n) is 2.46. The molecule has 0 fully saturated rings. The molecule has 6 nitrogen and oxygen atoms in total. The number of carbonyl (C=O) groups excluding carboxylic acids is 2. The third kappa shape index (κ3) is 2.66. The summed E-state index contributed by atoms with van der Waals surface area (Å²) < 4.78 is 0. The van der Waals surface area contributed by atoms with E-state index in [1.54, 1.807) is 0 Å². The van der Waals surface area contributed by atoms with Crippen molar-refractivity contribution in [1.29, 1.82) is 0 Å².